The van der Waals surface area contributed by atoms with Crippen molar-refractivity contribution in [1.29, 1.82) is 0 Å². The van der Waals surface area contributed by atoms with Crippen molar-refractivity contribution in [3.63, 3.8) is 0 Å². The van der Waals surface area contributed by atoms with E-state index >= 15 is 0 Å². The maximum atomic E-state index is 12.2. The van der Waals surface area contributed by atoms with Gasteiger partial charge in [0.05, 0.1) is 22.3 Å². The van der Waals surface area contributed by atoms with Crippen LogP contribution in [0.4, 0.5) is 14.5 Å². The van der Waals surface area contributed by atoms with Crippen molar-refractivity contribution in [3.8, 4) is 5.75 Å². The molecule has 28 heavy (non-hydrogen) atoms. The number of halogens is 3. The van der Waals surface area contributed by atoms with Gasteiger partial charge in [-0.3, -0.25) is 9.59 Å². The Balaban J connectivity index is 1.80. The first-order chi connectivity index (χ1) is 13.1. The normalized spacial score (nSPS) is 19.2. The molecule has 0 aromatic heterocycles. The van der Waals surface area contributed by atoms with E-state index in [0.717, 1.165) is 0 Å². The van der Waals surface area contributed by atoms with Crippen LogP contribution in [0.1, 0.15) is 13.3 Å². The van der Waals surface area contributed by atoms with E-state index in [2.05, 4.69) is 10.1 Å². The second kappa shape index (κ2) is 9.75. The van der Waals surface area contributed by atoms with Crippen LogP contribution in [-0.4, -0.2) is 55.5 Å². The molecule has 7 nitrogen and oxygen atoms in total. The molecule has 1 heterocycles. The number of alkyl halides is 2. The molecule has 0 bridgehead atoms. The lowest BCUT2D eigenvalue weighted by Crippen LogP contribution is -2.30. The van der Waals surface area contributed by atoms with Gasteiger partial charge in [0.1, 0.15) is 5.75 Å². The number of nitrogens with one attached hydrogen (secondary N) is 1. The Morgan fingerprint density at radius 2 is 2.11 bits per heavy atom. The molecule has 0 radical (unpaired) electrons. The number of hydrogen-bond acceptors (Lipinski definition) is 7. The van der Waals surface area contributed by atoms with Crippen molar-refractivity contribution in [2.45, 2.75) is 31.3 Å². The topological polar surface area (TPSA) is 98.8 Å². The van der Waals surface area contributed by atoms with Gasteiger partial charge in [0, 0.05) is 10.9 Å². The van der Waals surface area contributed by atoms with Crippen molar-refractivity contribution in [2.24, 2.45) is 0 Å². The third kappa shape index (κ3) is 7.10. The highest BCUT2D eigenvalue weighted by atomic mass is 35.5. The first-order valence-corrected chi connectivity index (χ1v) is 11.4. The third-order valence-electron chi connectivity index (χ3n) is 3.72. The lowest BCUT2D eigenvalue weighted by Gasteiger charge is -2.15. The Morgan fingerprint density at radius 3 is 2.68 bits per heavy atom. The van der Waals surface area contributed by atoms with Gasteiger partial charge in [-0.25, -0.2) is 8.42 Å². The number of benzene rings is 1. The fraction of sp³-hybridized carbons (Fsp3) is 0.500. The molecule has 1 fully saturated rings. The minimum Gasteiger partial charge on any atom is -0.452 e. The van der Waals surface area contributed by atoms with E-state index in [4.69, 9.17) is 16.3 Å². The predicted octanol–water partition coefficient (Wildman–Crippen LogP) is 2.73. The number of carbonyl (C=O) groups is 2. The van der Waals surface area contributed by atoms with Crippen molar-refractivity contribution >= 4 is 50.8 Å². The molecule has 0 unspecified atom stereocenters. The van der Waals surface area contributed by atoms with Crippen LogP contribution in [0.25, 0.3) is 0 Å². The van der Waals surface area contributed by atoms with Gasteiger partial charge in [0.2, 0.25) is 0 Å². The number of thioether (sulfide) groups is 1. The van der Waals surface area contributed by atoms with E-state index in [1.54, 1.807) is 0 Å². The highest BCUT2D eigenvalue weighted by Gasteiger charge is 2.29. The van der Waals surface area contributed by atoms with Gasteiger partial charge in [-0.1, -0.05) is 11.6 Å². The van der Waals surface area contributed by atoms with Crippen LogP contribution < -0.4 is 10.1 Å². The van der Waals surface area contributed by atoms with Crippen LogP contribution in [0.2, 0.25) is 5.02 Å². The molecule has 1 N–H and O–H groups in total. The maximum Gasteiger partial charge on any atom is 0.387 e. The molecule has 2 rings (SSSR count). The number of hydrogen-bond donors (Lipinski definition) is 1. The van der Waals surface area contributed by atoms with Crippen LogP contribution in [0.15, 0.2) is 18.2 Å². The highest BCUT2D eigenvalue weighted by Crippen LogP contribution is 2.29. The Kier molecular flexibility index (Phi) is 7.90. The molecule has 156 valence electrons. The molecule has 0 saturated carbocycles. The molecular formula is C16H18ClF2NO6S2. The summed E-state index contributed by atoms with van der Waals surface area (Å²) in [4.78, 5) is 23.9. The van der Waals surface area contributed by atoms with E-state index in [0.29, 0.717) is 6.42 Å². The third-order valence-corrected chi connectivity index (χ3v) is 7.27. The fourth-order valence-electron chi connectivity index (χ4n) is 2.38. The minimum atomic E-state index is -3.03. The first kappa shape index (κ1) is 22.7. The zero-order valence-electron chi connectivity index (χ0n) is 14.7. The summed E-state index contributed by atoms with van der Waals surface area (Å²) >= 11 is 6.99. The zero-order valence-corrected chi connectivity index (χ0v) is 17.1. The zero-order chi connectivity index (χ0) is 20.9. The Morgan fingerprint density at radius 1 is 1.39 bits per heavy atom. The Bertz CT molecular complexity index is 836. The smallest absolute Gasteiger partial charge is 0.387 e. The second-order valence-corrected chi connectivity index (χ2v) is 9.91. The quantitative estimate of drug-likeness (QED) is 0.599. The largest absolute Gasteiger partial charge is 0.452 e. The van der Waals surface area contributed by atoms with Gasteiger partial charge in [-0.15, -0.1) is 11.8 Å². The van der Waals surface area contributed by atoms with Crippen LogP contribution in [-0.2, 0) is 24.2 Å². The second-order valence-electron chi connectivity index (χ2n) is 5.98. The molecular weight excluding hydrogens is 440 g/mol. The molecule has 1 aliphatic heterocycles. The van der Waals surface area contributed by atoms with Gasteiger partial charge in [0.25, 0.3) is 5.91 Å². The summed E-state index contributed by atoms with van der Waals surface area (Å²) in [6, 6.07) is 3.71. The van der Waals surface area contributed by atoms with Crippen LogP contribution in [0.3, 0.4) is 0 Å². The Labute approximate surface area is 170 Å². The van der Waals surface area contributed by atoms with Crippen molar-refractivity contribution in [2.75, 3.05) is 22.6 Å². The van der Waals surface area contributed by atoms with Crippen LogP contribution >= 0.6 is 23.4 Å². The lowest BCUT2D eigenvalue weighted by molar-refractivity contribution is -0.150. The van der Waals surface area contributed by atoms with Crippen molar-refractivity contribution in [3.05, 3.63) is 23.2 Å². The molecule has 2 atom stereocenters. The van der Waals surface area contributed by atoms with Crippen LogP contribution in [0, 0.1) is 0 Å². The van der Waals surface area contributed by atoms with E-state index < -0.39 is 34.4 Å². The number of ether oxygens (including phenoxy) is 2. The summed E-state index contributed by atoms with van der Waals surface area (Å²) in [5.74, 6) is -1.44. The minimum absolute atomic E-state index is 0.0347. The van der Waals surface area contributed by atoms with Crippen LogP contribution in [0.5, 0.6) is 5.75 Å². The summed E-state index contributed by atoms with van der Waals surface area (Å²) in [6.07, 6.45) is -0.626. The summed E-state index contributed by atoms with van der Waals surface area (Å²) < 4.78 is 56.4. The number of esters is 1. The molecule has 1 aromatic carbocycles. The van der Waals surface area contributed by atoms with Crippen molar-refractivity contribution in [1.82, 2.24) is 0 Å². The standard InChI is InChI=1S/C16H18ClF2NO6S2/c1-9(25-14(21)7-27-11-4-5-28(23,24)8-11)15(22)20-10-2-3-13(12(17)6-10)26-16(18)19/h2-3,6,9,11,16H,4-5,7-8H2,1H3,(H,20,22)/t9-,11+/m1/s1. The van der Waals surface area contributed by atoms with Crippen molar-refractivity contribution < 1.29 is 36.3 Å². The molecule has 0 aliphatic carbocycles. The van der Waals surface area contributed by atoms with E-state index in [1.165, 1.54) is 36.9 Å². The molecule has 1 saturated heterocycles. The van der Waals surface area contributed by atoms with Gasteiger partial charge < -0.3 is 14.8 Å². The number of amides is 1. The number of rotatable bonds is 8. The lowest BCUT2D eigenvalue weighted by atomic mass is 10.3. The van der Waals surface area contributed by atoms with E-state index in [1.807, 2.05) is 0 Å². The van der Waals surface area contributed by atoms with E-state index in [9.17, 15) is 26.8 Å². The monoisotopic (exact) mass is 457 g/mol. The molecule has 12 heteroatoms. The number of anilines is 1. The van der Waals surface area contributed by atoms with Gasteiger partial charge in [-0.2, -0.15) is 8.78 Å². The summed E-state index contributed by atoms with van der Waals surface area (Å²) in [7, 11) is -3.03. The summed E-state index contributed by atoms with van der Waals surface area (Å²) in [6.45, 7) is -1.66. The first-order valence-electron chi connectivity index (χ1n) is 8.12. The van der Waals surface area contributed by atoms with Gasteiger partial charge >= 0.3 is 12.6 Å². The number of sulfone groups is 1. The maximum absolute atomic E-state index is 12.2. The summed E-state index contributed by atoms with van der Waals surface area (Å²) in [5, 5.41) is 2.17. The molecule has 0 spiro atoms. The molecule has 1 aliphatic rings. The fourth-order valence-corrected chi connectivity index (χ4v) is 6.03. The summed E-state index contributed by atoms with van der Waals surface area (Å²) in [5.41, 5.74) is 0.213. The van der Waals surface area contributed by atoms with Gasteiger partial charge in [0.15, 0.2) is 15.9 Å². The predicted molar refractivity (Wildman–Crippen MR) is 102 cm³/mol. The highest BCUT2D eigenvalue weighted by molar-refractivity contribution is 8.02. The average Bonchev–Trinajstić information content (AvgIpc) is 2.94. The number of carbonyl (C=O) groups excluding carboxylic acids is 2. The SMILES string of the molecule is C[C@@H](OC(=O)CS[C@H]1CCS(=O)(=O)C1)C(=O)Nc1ccc(OC(F)F)c(Cl)c1. The Hall–Kier alpha value is -1.59. The van der Waals surface area contributed by atoms with E-state index in [-0.39, 0.29) is 39.0 Å². The average molecular weight is 458 g/mol. The molecule has 1 aromatic rings. The van der Waals surface area contributed by atoms with Gasteiger partial charge in [-0.05, 0) is 31.5 Å². The molecule has 1 amide bonds.